The van der Waals surface area contributed by atoms with Crippen molar-refractivity contribution in [3.8, 4) is 0 Å². The fourth-order valence-electron chi connectivity index (χ4n) is 2.00. The summed E-state index contributed by atoms with van der Waals surface area (Å²) < 4.78 is 5.17. The van der Waals surface area contributed by atoms with Crippen molar-refractivity contribution in [2.75, 3.05) is 26.2 Å². The van der Waals surface area contributed by atoms with Gasteiger partial charge in [-0.1, -0.05) is 13.8 Å². The first kappa shape index (κ1) is 14.9. The summed E-state index contributed by atoms with van der Waals surface area (Å²) in [6.45, 7) is 7.42. The van der Waals surface area contributed by atoms with Crippen LogP contribution in [0.25, 0.3) is 0 Å². The van der Waals surface area contributed by atoms with Crippen molar-refractivity contribution >= 4 is 11.9 Å². The maximum Gasteiger partial charge on any atom is 0.332 e. The van der Waals surface area contributed by atoms with Crippen LogP contribution in [0.3, 0.4) is 0 Å². The van der Waals surface area contributed by atoms with Crippen LogP contribution in [0.15, 0.2) is 0 Å². The summed E-state index contributed by atoms with van der Waals surface area (Å²) >= 11 is 0. The number of ether oxygens (including phenoxy) is 1. The van der Waals surface area contributed by atoms with Crippen LogP contribution in [0.4, 0.5) is 0 Å². The van der Waals surface area contributed by atoms with E-state index in [4.69, 9.17) is 9.84 Å². The number of nitrogens with zero attached hydrogens (tertiary/aromatic N) is 1. The van der Waals surface area contributed by atoms with E-state index in [0.717, 1.165) is 19.6 Å². The molecule has 0 aromatic heterocycles. The molecule has 2 N–H and O–H groups in total. The highest BCUT2D eigenvalue weighted by Gasteiger charge is 2.34. The first-order chi connectivity index (χ1) is 8.58. The second-order valence-electron chi connectivity index (χ2n) is 4.35. The van der Waals surface area contributed by atoms with E-state index in [1.165, 1.54) is 0 Å². The van der Waals surface area contributed by atoms with Crippen molar-refractivity contribution in [2.45, 2.75) is 38.9 Å². The minimum absolute atomic E-state index is 0.203. The molecule has 0 aromatic carbocycles. The predicted molar refractivity (Wildman–Crippen MR) is 66.3 cm³/mol. The molecule has 0 bridgehead atoms. The lowest BCUT2D eigenvalue weighted by Crippen LogP contribution is -2.40. The van der Waals surface area contributed by atoms with Crippen LogP contribution in [0.2, 0.25) is 0 Å². The van der Waals surface area contributed by atoms with Crippen LogP contribution in [0, 0.1) is 0 Å². The quantitative estimate of drug-likeness (QED) is 0.676. The van der Waals surface area contributed by atoms with Crippen molar-refractivity contribution in [3.63, 3.8) is 0 Å². The Balaban J connectivity index is 2.24. The fourth-order valence-corrected chi connectivity index (χ4v) is 2.00. The number of rotatable bonds is 7. The second-order valence-corrected chi connectivity index (χ2v) is 4.35. The minimum Gasteiger partial charge on any atom is -0.479 e. The van der Waals surface area contributed by atoms with E-state index in [1.807, 2.05) is 0 Å². The second kappa shape index (κ2) is 7.33. The molecule has 1 fully saturated rings. The molecule has 1 saturated heterocycles. The van der Waals surface area contributed by atoms with Crippen molar-refractivity contribution in [3.05, 3.63) is 0 Å². The Hall–Kier alpha value is -1.14. The van der Waals surface area contributed by atoms with Crippen LogP contribution in [-0.2, 0) is 14.3 Å². The zero-order valence-electron chi connectivity index (χ0n) is 11.0. The van der Waals surface area contributed by atoms with Crippen molar-refractivity contribution in [1.82, 2.24) is 10.2 Å². The monoisotopic (exact) mass is 258 g/mol. The Morgan fingerprint density at radius 1 is 1.28 bits per heavy atom. The lowest BCUT2D eigenvalue weighted by Gasteiger charge is -2.19. The number of amides is 1. The number of carbonyl (C=O) groups is 2. The summed E-state index contributed by atoms with van der Waals surface area (Å²) in [4.78, 5) is 24.6. The maximum absolute atomic E-state index is 11.7. The van der Waals surface area contributed by atoms with E-state index < -0.39 is 18.2 Å². The lowest BCUT2D eigenvalue weighted by molar-refractivity contribution is -0.151. The average Bonchev–Trinajstić information content (AvgIpc) is 2.84. The van der Waals surface area contributed by atoms with Crippen LogP contribution in [-0.4, -0.2) is 60.3 Å². The van der Waals surface area contributed by atoms with E-state index in [0.29, 0.717) is 19.4 Å². The van der Waals surface area contributed by atoms with Crippen molar-refractivity contribution in [1.29, 1.82) is 0 Å². The first-order valence-corrected chi connectivity index (χ1v) is 6.46. The summed E-state index contributed by atoms with van der Waals surface area (Å²) in [5.41, 5.74) is 0. The van der Waals surface area contributed by atoms with Gasteiger partial charge in [-0.2, -0.15) is 0 Å². The Morgan fingerprint density at radius 3 is 2.39 bits per heavy atom. The third kappa shape index (κ3) is 4.27. The molecular weight excluding hydrogens is 236 g/mol. The number of aliphatic carboxylic acids is 1. The number of nitrogens with one attached hydrogen (secondary N) is 1. The molecule has 1 heterocycles. The van der Waals surface area contributed by atoms with Gasteiger partial charge in [-0.15, -0.1) is 0 Å². The molecule has 0 aliphatic carbocycles. The lowest BCUT2D eigenvalue weighted by atomic mass is 10.2. The van der Waals surface area contributed by atoms with Gasteiger partial charge >= 0.3 is 5.97 Å². The SMILES string of the molecule is CCN(CC)CCNC(=O)[C@@H]1CC[C@H](C(=O)O)O1. The molecule has 6 heteroatoms. The van der Waals surface area contributed by atoms with Gasteiger partial charge in [0, 0.05) is 13.1 Å². The van der Waals surface area contributed by atoms with Gasteiger partial charge in [-0.25, -0.2) is 4.79 Å². The predicted octanol–water partition coefficient (Wildman–Crippen LogP) is 0.0766. The van der Waals surface area contributed by atoms with E-state index in [-0.39, 0.29) is 5.91 Å². The summed E-state index contributed by atoms with van der Waals surface area (Å²) in [5.74, 6) is -1.20. The minimum atomic E-state index is -0.992. The first-order valence-electron chi connectivity index (χ1n) is 6.46. The van der Waals surface area contributed by atoms with E-state index in [9.17, 15) is 9.59 Å². The number of hydrogen-bond acceptors (Lipinski definition) is 4. The number of carboxylic acid groups (broad SMARTS) is 1. The normalized spacial score (nSPS) is 23.3. The molecule has 0 aromatic rings. The Labute approximate surface area is 107 Å². The van der Waals surface area contributed by atoms with Crippen LogP contribution >= 0.6 is 0 Å². The molecule has 0 spiro atoms. The number of carbonyl (C=O) groups excluding carboxylic acids is 1. The standard InChI is InChI=1S/C12H22N2O4/c1-3-14(4-2)8-7-13-11(15)9-5-6-10(18-9)12(16)17/h9-10H,3-8H2,1-2H3,(H,13,15)(H,16,17)/t9-,10+/m0/s1. The fraction of sp³-hybridized carbons (Fsp3) is 0.833. The van der Waals surface area contributed by atoms with Gasteiger partial charge in [0.15, 0.2) is 6.10 Å². The molecule has 104 valence electrons. The van der Waals surface area contributed by atoms with Gasteiger partial charge < -0.3 is 20.1 Å². The molecule has 1 rings (SSSR count). The highest BCUT2D eigenvalue weighted by Crippen LogP contribution is 2.19. The van der Waals surface area contributed by atoms with E-state index in [1.54, 1.807) is 0 Å². The largest absolute Gasteiger partial charge is 0.479 e. The molecule has 0 radical (unpaired) electrons. The summed E-state index contributed by atoms with van der Waals surface area (Å²) in [7, 11) is 0. The van der Waals surface area contributed by atoms with Crippen LogP contribution < -0.4 is 5.32 Å². The Bertz CT molecular complexity index is 292. The molecule has 6 nitrogen and oxygen atoms in total. The maximum atomic E-state index is 11.7. The summed E-state index contributed by atoms with van der Waals surface area (Å²) in [6, 6.07) is 0. The number of carboxylic acids is 1. The molecule has 1 aliphatic rings. The third-order valence-electron chi connectivity index (χ3n) is 3.21. The van der Waals surface area contributed by atoms with Gasteiger partial charge in [-0.3, -0.25) is 4.79 Å². The van der Waals surface area contributed by atoms with Gasteiger partial charge in [0.2, 0.25) is 5.91 Å². The van der Waals surface area contributed by atoms with Gasteiger partial charge in [0.05, 0.1) is 0 Å². The van der Waals surface area contributed by atoms with E-state index in [2.05, 4.69) is 24.1 Å². The average molecular weight is 258 g/mol. The third-order valence-corrected chi connectivity index (χ3v) is 3.21. The molecule has 2 atom stereocenters. The zero-order valence-corrected chi connectivity index (χ0v) is 11.0. The zero-order chi connectivity index (χ0) is 13.5. The summed E-state index contributed by atoms with van der Waals surface area (Å²) in [6.07, 6.45) is -0.552. The molecule has 0 unspecified atom stereocenters. The summed E-state index contributed by atoms with van der Waals surface area (Å²) in [5, 5.41) is 11.5. The van der Waals surface area contributed by atoms with Gasteiger partial charge in [0.25, 0.3) is 0 Å². The molecule has 1 amide bonds. The molecule has 18 heavy (non-hydrogen) atoms. The van der Waals surface area contributed by atoms with Crippen LogP contribution in [0.5, 0.6) is 0 Å². The number of likely N-dealkylation sites (N-methyl/N-ethyl adjacent to an activating group) is 1. The van der Waals surface area contributed by atoms with Crippen LogP contribution in [0.1, 0.15) is 26.7 Å². The van der Waals surface area contributed by atoms with E-state index >= 15 is 0 Å². The Morgan fingerprint density at radius 2 is 1.89 bits per heavy atom. The molecule has 1 aliphatic heterocycles. The highest BCUT2D eigenvalue weighted by atomic mass is 16.5. The molecule has 0 saturated carbocycles. The number of hydrogen-bond donors (Lipinski definition) is 2. The Kier molecular flexibility index (Phi) is 6.07. The van der Waals surface area contributed by atoms with Crippen molar-refractivity contribution in [2.24, 2.45) is 0 Å². The van der Waals surface area contributed by atoms with Gasteiger partial charge in [-0.05, 0) is 25.9 Å². The highest BCUT2D eigenvalue weighted by molar-refractivity contribution is 5.82. The smallest absolute Gasteiger partial charge is 0.332 e. The van der Waals surface area contributed by atoms with Gasteiger partial charge in [0.1, 0.15) is 6.10 Å². The molecular formula is C12H22N2O4. The van der Waals surface area contributed by atoms with Crippen molar-refractivity contribution < 1.29 is 19.4 Å². The topological polar surface area (TPSA) is 78.9 Å².